The highest BCUT2D eigenvalue weighted by Crippen LogP contribution is 2.30. The van der Waals surface area contributed by atoms with Gasteiger partial charge in [0.25, 0.3) is 0 Å². The van der Waals surface area contributed by atoms with Gasteiger partial charge in [0.2, 0.25) is 0 Å². The maximum Gasteiger partial charge on any atom is 0.191 e. The van der Waals surface area contributed by atoms with Crippen LogP contribution in [0.15, 0.2) is 0 Å². The van der Waals surface area contributed by atoms with E-state index in [1.54, 1.807) is 0 Å². The minimum Gasteiger partial charge on any atom is -0.394 e. The number of hydrogen-bond acceptors (Lipinski definition) is 7. The number of aliphatic hydroxyl groups is 4. The van der Waals surface area contributed by atoms with Crippen LogP contribution in [0.2, 0.25) is 0 Å². The summed E-state index contributed by atoms with van der Waals surface area (Å²) in [5.74, 6) is -2.27. The fourth-order valence-electron chi connectivity index (χ4n) is 3.77. The molecule has 0 aromatic heterocycles. The Bertz CT molecular complexity index is 433. The Hall–Kier alpha value is -0.570. The second-order valence-electron chi connectivity index (χ2n) is 8.19. The molecule has 0 amide bonds. The quantitative estimate of drug-likeness (QED) is 0.263. The number of ether oxygens (including phenoxy) is 1. The molecule has 1 saturated heterocycles. The van der Waals surface area contributed by atoms with Crippen LogP contribution < -0.4 is 5.73 Å². The standard InChI is InChI=1S/C21H41NO6/c1-2-3-4-5-6-7-8-9-10-11-12-13-16(24)14-21(27)20(22)19(26)18(25)17(15-23)28-21/h17-20,23,25-27H,2-15,22H2,1H3/t17-,18-,19+,20-,21?/m1/s1. The normalized spacial score (nSPS) is 30.5. The molecule has 1 aliphatic rings. The summed E-state index contributed by atoms with van der Waals surface area (Å²) in [6, 6.07) is -1.31. The topological polar surface area (TPSA) is 133 Å². The Kier molecular flexibility index (Phi) is 12.4. The summed E-state index contributed by atoms with van der Waals surface area (Å²) in [4.78, 5) is 12.2. The van der Waals surface area contributed by atoms with Gasteiger partial charge in [-0.1, -0.05) is 71.1 Å². The monoisotopic (exact) mass is 403 g/mol. The van der Waals surface area contributed by atoms with Crippen molar-refractivity contribution in [3.05, 3.63) is 0 Å². The molecule has 1 fully saturated rings. The maximum atomic E-state index is 12.2. The van der Waals surface area contributed by atoms with E-state index in [2.05, 4.69) is 6.92 Å². The molecule has 1 rings (SSSR count). The summed E-state index contributed by atoms with van der Waals surface area (Å²) in [5, 5.41) is 39.5. The van der Waals surface area contributed by atoms with Crippen molar-refractivity contribution in [2.75, 3.05) is 6.61 Å². The van der Waals surface area contributed by atoms with Crippen molar-refractivity contribution in [2.45, 2.75) is 121 Å². The van der Waals surface area contributed by atoms with Gasteiger partial charge < -0.3 is 30.9 Å². The highest BCUT2D eigenvalue weighted by molar-refractivity contribution is 5.79. The molecule has 0 aromatic carbocycles. The van der Waals surface area contributed by atoms with Gasteiger partial charge in [-0.3, -0.25) is 4.79 Å². The molecule has 5 atom stereocenters. The average molecular weight is 404 g/mol. The molecule has 7 heteroatoms. The van der Waals surface area contributed by atoms with Crippen LogP contribution in [0.5, 0.6) is 0 Å². The van der Waals surface area contributed by atoms with E-state index in [0.29, 0.717) is 6.42 Å². The zero-order valence-electron chi connectivity index (χ0n) is 17.4. The van der Waals surface area contributed by atoms with Gasteiger partial charge in [-0.25, -0.2) is 0 Å². The van der Waals surface area contributed by atoms with Gasteiger partial charge in [0.1, 0.15) is 24.1 Å². The lowest BCUT2D eigenvalue weighted by Gasteiger charge is -2.46. The van der Waals surface area contributed by atoms with E-state index in [-0.39, 0.29) is 12.2 Å². The summed E-state index contributed by atoms with van der Waals surface area (Å²) < 4.78 is 5.25. The van der Waals surface area contributed by atoms with E-state index in [1.807, 2.05) is 0 Å². The van der Waals surface area contributed by atoms with E-state index in [0.717, 1.165) is 19.3 Å². The predicted octanol–water partition coefficient (Wildman–Crippen LogP) is 1.78. The first-order valence-electron chi connectivity index (χ1n) is 11.0. The Balaban J connectivity index is 2.17. The van der Waals surface area contributed by atoms with Crippen molar-refractivity contribution >= 4 is 5.78 Å². The first-order valence-corrected chi connectivity index (χ1v) is 11.0. The van der Waals surface area contributed by atoms with Crippen molar-refractivity contribution in [1.29, 1.82) is 0 Å². The second-order valence-corrected chi connectivity index (χ2v) is 8.19. The number of nitrogens with two attached hydrogens (primary N) is 1. The number of ketones is 1. The van der Waals surface area contributed by atoms with Crippen LogP contribution in [0.3, 0.4) is 0 Å². The van der Waals surface area contributed by atoms with Gasteiger partial charge in [0, 0.05) is 6.42 Å². The molecule has 0 aromatic rings. The SMILES string of the molecule is CCCCCCCCCCCCCC(=O)CC1(O)O[C@H](CO)[C@@H](O)[C@H](O)[C@H]1N. The lowest BCUT2D eigenvalue weighted by atomic mass is 9.87. The molecule has 0 aliphatic carbocycles. The fourth-order valence-corrected chi connectivity index (χ4v) is 3.77. The molecule has 6 N–H and O–H groups in total. The summed E-state index contributed by atoms with van der Waals surface area (Å²) in [6.45, 7) is 1.64. The highest BCUT2D eigenvalue weighted by Gasteiger charge is 2.52. The van der Waals surface area contributed by atoms with Gasteiger partial charge in [-0.05, 0) is 6.42 Å². The van der Waals surface area contributed by atoms with Crippen LogP contribution >= 0.6 is 0 Å². The van der Waals surface area contributed by atoms with Gasteiger partial charge in [-0.2, -0.15) is 0 Å². The summed E-state index contributed by atoms with van der Waals surface area (Å²) in [7, 11) is 0. The highest BCUT2D eigenvalue weighted by atomic mass is 16.6. The number of carbonyl (C=O) groups is 1. The molecular weight excluding hydrogens is 362 g/mol. The molecule has 1 heterocycles. The smallest absolute Gasteiger partial charge is 0.191 e. The molecule has 1 unspecified atom stereocenters. The van der Waals surface area contributed by atoms with Crippen LogP contribution in [0, 0.1) is 0 Å². The molecule has 166 valence electrons. The molecule has 1 aliphatic heterocycles. The Labute approximate surface area is 169 Å². The van der Waals surface area contributed by atoms with Gasteiger partial charge in [0.05, 0.1) is 19.1 Å². The lowest BCUT2D eigenvalue weighted by molar-refractivity contribution is -0.313. The molecule has 0 saturated carbocycles. The number of aliphatic hydroxyl groups excluding tert-OH is 3. The van der Waals surface area contributed by atoms with Gasteiger partial charge in [-0.15, -0.1) is 0 Å². The minimum absolute atomic E-state index is 0.200. The molecule has 0 bridgehead atoms. The Morgan fingerprint density at radius 1 is 0.929 bits per heavy atom. The van der Waals surface area contributed by atoms with Crippen molar-refractivity contribution in [3.8, 4) is 0 Å². The number of unbranched alkanes of at least 4 members (excludes halogenated alkanes) is 10. The molecule has 7 nitrogen and oxygen atoms in total. The summed E-state index contributed by atoms with van der Waals surface area (Å²) in [5.41, 5.74) is 5.75. The van der Waals surface area contributed by atoms with E-state index < -0.39 is 36.7 Å². The van der Waals surface area contributed by atoms with Gasteiger partial charge >= 0.3 is 0 Å². The number of hydrogen-bond donors (Lipinski definition) is 5. The molecule has 0 radical (unpaired) electrons. The zero-order valence-corrected chi connectivity index (χ0v) is 17.4. The van der Waals surface area contributed by atoms with Crippen molar-refractivity contribution in [2.24, 2.45) is 5.73 Å². The molecule has 28 heavy (non-hydrogen) atoms. The van der Waals surface area contributed by atoms with Gasteiger partial charge in [0.15, 0.2) is 5.79 Å². The molecular formula is C21H41NO6. The molecule has 0 spiro atoms. The third kappa shape index (κ3) is 8.43. The van der Waals surface area contributed by atoms with Crippen LogP contribution in [-0.4, -0.2) is 63.0 Å². The number of Topliss-reactive ketones (excluding diaryl/α,β-unsaturated/α-hetero) is 1. The van der Waals surface area contributed by atoms with E-state index in [9.17, 15) is 25.2 Å². The van der Waals surface area contributed by atoms with Crippen molar-refractivity contribution in [3.63, 3.8) is 0 Å². The summed E-state index contributed by atoms with van der Waals surface area (Å²) in [6.07, 6.45) is 9.03. The summed E-state index contributed by atoms with van der Waals surface area (Å²) >= 11 is 0. The van der Waals surface area contributed by atoms with E-state index in [4.69, 9.17) is 10.5 Å². The second kappa shape index (κ2) is 13.6. The minimum atomic E-state index is -2.07. The van der Waals surface area contributed by atoms with Crippen LogP contribution in [0.4, 0.5) is 0 Å². The van der Waals surface area contributed by atoms with E-state index >= 15 is 0 Å². The van der Waals surface area contributed by atoms with Crippen LogP contribution in [-0.2, 0) is 9.53 Å². The van der Waals surface area contributed by atoms with Crippen LogP contribution in [0.25, 0.3) is 0 Å². The van der Waals surface area contributed by atoms with Crippen molar-refractivity contribution < 1.29 is 30.0 Å². The van der Waals surface area contributed by atoms with Crippen molar-refractivity contribution in [1.82, 2.24) is 0 Å². The average Bonchev–Trinajstić information content (AvgIpc) is 2.67. The number of carbonyl (C=O) groups excluding carboxylic acids is 1. The first-order chi connectivity index (χ1) is 13.4. The fraction of sp³-hybridized carbons (Fsp3) is 0.952. The number of rotatable bonds is 15. The third-order valence-electron chi connectivity index (χ3n) is 5.66. The first kappa shape index (κ1) is 25.5. The maximum absolute atomic E-state index is 12.2. The van der Waals surface area contributed by atoms with Crippen LogP contribution in [0.1, 0.15) is 90.4 Å². The predicted molar refractivity (Wildman–Crippen MR) is 108 cm³/mol. The largest absolute Gasteiger partial charge is 0.394 e. The Morgan fingerprint density at radius 2 is 1.43 bits per heavy atom. The Morgan fingerprint density at radius 3 is 1.93 bits per heavy atom. The van der Waals surface area contributed by atoms with E-state index in [1.165, 1.54) is 51.4 Å². The third-order valence-corrected chi connectivity index (χ3v) is 5.66. The lowest BCUT2D eigenvalue weighted by Crippen LogP contribution is -2.68. The zero-order chi connectivity index (χ0) is 21.0.